The van der Waals surface area contributed by atoms with Gasteiger partial charge >= 0.3 is 0 Å². The molecule has 0 amide bonds. The number of rotatable bonds is 2. The van der Waals surface area contributed by atoms with Gasteiger partial charge in [0.2, 0.25) is 0 Å². The topological polar surface area (TPSA) is 24.9 Å². The van der Waals surface area contributed by atoms with Crippen LogP contribution in [0.2, 0.25) is 0 Å². The summed E-state index contributed by atoms with van der Waals surface area (Å²) >= 11 is 0. The fourth-order valence-corrected chi connectivity index (χ4v) is 2.16. The second kappa shape index (κ2) is 4.56. The zero-order valence-electron chi connectivity index (χ0n) is 8.79. The van der Waals surface area contributed by atoms with Crippen molar-refractivity contribution in [3.63, 3.8) is 0 Å². The average Bonchev–Trinajstić information content (AvgIpc) is 2.19. The quantitative estimate of drug-likeness (QED) is 0.771. The lowest BCUT2D eigenvalue weighted by Crippen LogP contribution is -2.30. The molecule has 14 heavy (non-hydrogen) atoms. The van der Waals surface area contributed by atoms with Crippen LogP contribution in [-0.2, 0) is 6.42 Å². The van der Waals surface area contributed by atoms with Crippen molar-refractivity contribution < 1.29 is 0 Å². The minimum atomic E-state index is 0.825. The molecule has 1 aromatic heterocycles. The number of hydrogen-bond donors (Lipinski definition) is 1. The summed E-state index contributed by atoms with van der Waals surface area (Å²) in [5.74, 6) is 0.825. The first kappa shape index (κ1) is 9.66. The van der Waals surface area contributed by atoms with Crippen LogP contribution in [0, 0.1) is 12.8 Å². The van der Waals surface area contributed by atoms with Crippen LogP contribution in [0.15, 0.2) is 18.3 Å². The van der Waals surface area contributed by atoms with E-state index < -0.39 is 0 Å². The second-order valence-corrected chi connectivity index (χ2v) is 4.22. The Hall–Kier alpha value is -0.890. The second-order valence-electron chi connectivity index (χ2n) is 4.22. The van der Waals surface area contributed by atoms with Crippen molar-refractivity contribution in [2.45, 2.75) is 26.2 Å². The summed E-state index contributed by atoms with van der Waals surface area (Å²) in [5, 5.41) is 3.45. The summed E-state index contributed by atoms with van der Waals surface area (Å²) in [5.41, 5.74) is 2.57. The van der Waals surface area contributed by atoms with Gasteiger partial charge in [0.25, 0.3) is 0 Å². The Kier molecular flexibility index (Phi) is 3.14. The predicted molar refractivity (Wildman–Crippen MR) is 58.3 cm³/mol. The highest BCUT2D eigenvalue weighted by atomic mass is 14.9. The molecular weight excluding hydrogens is 172 g/mol. The van der Waals surface area contributed by atoms with Crippen molar-refractivity contribution in [2.75, 3.05) is 13.1 Å². The summed E-state index contributed by atoms with van der Waals surface area (Å²) in [7, 11) is 0. The third-order valence-corrected chi connectivity index (χ3v) is 2.88. The molecule has 0 bridgehead atoms. The number of piperidine rings is 1. The van der Waals surface area contributed by atoms with Gasteiger partial charge in [0.05, 0.1) is 0 Å². The molecule has 2 nitrogen and oxygen atoms in total. The van der Waals surface area contributed by atoms with Crippen LogP contribution in [0.5, 0.6) is 0 Å². The number of aromatic nitrogens is 1. The van der Waals surface area contributed by atoms with Gasteiger partial charge in [0.15, 0.2) is 0 Å². The van der Waals surface area contributed by atoms with E-state index in [4.69, 9.17) is 0 Å². The lowest BCUT2D eigenvalue weighted by molar-refractivity contribution is 0.376. The van der Waals surface area contributed by atoms with Crippen molar-refractivity contribution in [1.29, 1.82) is 0 Å². The molecule has 0 radical (unpaired) electrons. The Labute approximate surface area is 85.7 Å². The molecule has 1 aliphatic heterocycles. The zero-order valence-corrected chi connectivity index (χ0v) is 8.79. The maximum Gasteiger partial charge on any atom is 0.0375 e. The lowest BCUT2D eigenvalue weighted by Gasteiger charge is -2.22. The van der Waals surface area contributed by atoms with E-state index in [9.17, 15) is 0 Å². The highest BCUT2D eigenvalue weighted by Gasteiger charge is 2.13. The van der Waals surface area contributed by atoms with E-state index in [1.54, 1.807) is 0 Å². The third kappa shape index (κ3) is 2.55. The molecule has 0 spiro atoms. The van der Waals surface area contributed by atoms with Gasteiger partial charge in [-0.15, -0.1) is 0 Å². The van der Waals surface area contributed by atoms with Gasteiger partial charge in [0, 0.05) is 11.9 Å². The van der Waals surface area contributed by atoms with Gasteiger partial charge in [-0.1, -0.05) is 0 Å². The number of aryl methyl sites for hydroxylation is 1. The Bertz CT molecular complexity index is 290. The van der Waals surface area contributed by atoms with Crippen LogP contribution >= 0.6 is 0 Å². The SMILES string of the molecule is Cc1cc(CC2CCCNC2)ccn1. The summed E-state index contributed by atoms with van der Waals surface area (Å²) < 4.78 is 0. The first-order chi connectivity index (χ1) is 6.84. The molecule has 1 saturated heterocycles. The smallest absolute Gasteiger partial charge is 0.0375 e. The van der Waals surface area contributed by atoms with E-state index in [0.29, 0.717) is 0 Å². The van der Waals surface area contributed by atoms with E-state index in [1.165, 1.54) is 37.9 Å². The monoisotopic (exact) mass is 190 g/mol. The van der Waals surface area contributed by atoms with Gasteiger partial charge in [0.1, 0.15) is 0 Å². The summed E-state index contributed by atoms with van der Waals surface area (Å²) in [6.07, 6.45) is 5.82. The standard InChI is InChI=1S/C12H18N2/c1-10-7-11(4-6-14-10)8-12-3-2-5-13-9-12/h4,6-7,12-13H,2-3,5,8-9H2,1H3. The molecule has 76 valence electrons. The minimum absolute atomic E-state index is 0.825. The highest BCUT2D eigenvalue weighted by Crippen LogP contribution is 2.16. The first-order valence-electron chi connectivity index (χ1n) is 5.47. The van der Waals surface area contributed by atoms with E-state index in [-0.39, 0.29) is 0 Å². The van der Waals surface area contributed by atoms with Crippen molar-refractivity contribution in [1.82, 2.24) is 10.3 Å². The average molecular weight is 190 g/mol. The van der Waals surface area contributed by atoms with Crippen molar-refractivity contribution >= 4 is 0 Å². The fourth-order valence-electron chi connectivity index (χ4n) is 2.16. The van der Waals surface area contributed by atoms with Crippen molar-refractivity contribution in [2.24, 2.45) is 5.92 Å². The molecule has 2 rings (SSSR count). The molecule has 2 heteroatoms. The van der Waals surface area contributed by atoms with Crippen LogP contribution in [0.1, 0.15) is 24.1 Å². The molecular formula is C12H18N2. The number of nitrogens with one attached hydrogen (secondary N) is 1. The van der Waals surface area contributed by atoms with Crippen molar-refractivity contribution in [3.8, 4) is 0 Å². The summed E-state index contributed by atoms with van der Waals surface area (Å²) in [6.45, 7) is 4.44. The molecule has 1 aliphatic rings. The number of nitrogens with zero attached hydrogens (tertiary/aromatic N) is 1. The Morgan fingerprint density at radius 2 is 2.50 bits per heavy atom. The molecule has 1 N–H and O–H groups in total. The van der Waals surface area contributed by atoms with Gasteiger partial charge in [-0.3, -0.25) is 4.98 Å². The van der Waals surface area contributed by atoms with Crippen LogP contribution < -0.4 is 5.32 Å². The Balaban J connectivity index is 1.95. The van der Waals surface area contributed by atoms with E-state index >= 15 is 0 Å². The van der Waals surface area contributed by atoms with Gasteiger partial charge in [-0.25, -0.2) is 0 Å². The fraction of sp³-hybridized carbons (Fsp3) is 0.583. The molecule has 2 heterocycles. The first-order valence-corrected chi connectivity index (χ1v) is 5.47. The van der Waals surface area contributed by atoms with Crippen molar-refractivity contribution in [3.05, 3.63) is 29.6 Å². The van der Waals surface area contributed by atoms with E-state index in [1.807, 2.05) is 6.20 Å². The molecule has 0 aliphatic carbocycles. The van der Waals surface area contributed by atoms with Crippen LogP contribution in [0.4, 0.5) is 0 Å². The third-order valence-electron chi connectivity index (χ3n) is 2.88. The number of hydrogen-bond acceptors (Lipinski definition) is 2. The molecule has 0 aromatic carbocycles. The minimum Gasteiger partial charge on any atom is -0.316 e. The van der Waals surface area contributed by atoms with Gasteiger partial charge < -0.3 is 5.32 Å². The Morgan fingerprint density at radius 3 is 3.21 bits per heavy atom. The zero-order chi connectivity index (χ0) is 9.80. The summed E-state index contributed by atoms with van der Waals surface area (Å²) in [4.78, 5) is 4.22. The van der Waals surface area contributed by atoms with E-state index in [2.05, 4.69) is 29.4 Å². The van der Waals surface area contributed by atoms with Crippen LogP contribution in [0.3, 0.4) is 0 Å². The van der Waals surface area contributed by atoms with Gasteiger partial charge in [-0.05, 0) is 62.9 Å². The molecule has 0 saturated carbocycles. The van der Waals surface area contributed by atoms with E-state index in [0.717, 1.165) is 11.6 Å². The molecule has 1 aromatic rings. The Morgan fingerprint density at radius 1 is 1.57 bits per heavy atom. The molecule has 1 atom stereocenters. The van der Waals surface area contributed by atoms with Crippen LogP contribution in [-0.4, -0.2) is 18.1 Å². The maximum absolute atomic E-state index is 4.22. The largest absolute Gasteiger partial charge is 0.316 e. The van der Waals surface area contributed by atoms with Crippen LogP contribution in [0.25, 0.3) is 0 Å². The van der Waals surface area contributed by atoms with Gasteiger partial charge in [-0.2, -0.15) is 0 Å². The predicted octanol–water partition coefficient (Wildman–Crippen LogP) is 1.93. The number of pyridine rings is 1. The summed E-state index contributed by atoms with van der Waals surface area (Å²) in [6, 6.07) is 4.34. The lowest BCUT2D eigenvalue weighted by atomic mass is 9.92. The normalized spacial score (nSPS) is 22.2. The molecule has 1 fully saturated rings. The molecule has 1 unspecified atom stereocenters. The maximum atomic E-state index is 4.22. The highest BCUT2D eigenvalue weighted by molar-refractivity contribution is 5.16.